The van der Waals surface area contributed by atoms with Crippen LogP contribution in [0.15, 0.2) is 48.5 Å². The van der Waals surface area contributed by atoms with E-state index in [9.17, 15) is 4.79 Å². The van der Waals surface area contributed by atoms with Crippen LogP contribution in [0.2, 0.25) is 0 Å². The van der Waals surface area contributed by atoms with E-state index in [2.05, 4.69) is 11.4 Å². The summed E-state index contributed by atoms with van der Waals surface area (Å²) in [5.74, 6) is -0.133. The maximum absolute atomic E-state index is 11.8. The Bertz CT molecular complexity index is 559. The van der Waals surface area contributed by atoms with Crippen molar-refractivity contribution in [2.75, 3.05) is 11.9 Å². The van der Waals surface area contributed by atoms with E-state index in [1.165, 1.54) is 0 Å². The largest absolute Gasteiger partial charge is 0.367 e. The molecule has 0 aliphatic carbocycles. The van der Waals surface area contributed by atoms with Crippen LogP contribution in [0, 0.1) is 13.8 Å². The molecule has 0 atom stereocenters. The van der Waals surface area contributed by atoms with Gasteiger partial charge in [-0.15, -0.1) is 0 Å². The number of aryl methyl sites for hydroxylation is 2. The van der Waals surface area contributed by atoms with Crippen molar-refractivity contribution in [1.29, 1.82) is 0 Å². The molecule has 0 spiro atoms. The Balaban J connectivity index is 1.81. The van der Waals surface area contributed by atoms with Crippen LogP contribution >= 0.6 is 0 Å². The maximum Gasteiger partial charge on any atom is 0.250 e. The fraction of sp³-hybridized carbons (Fsp3) is 0.235. The fourth-order valence-electron chi connectivity index (χ4n) is 2.08. The summed E-state index contributed by atoms with van der Waals surface area (Å²) in [6.07, 6.45) is 0. The number of hydrogen-bond acceptors (Lipinski definition) is 2. The molecule has 0 radical (unpaired) electrons. The molecule has 2 aromatic rings. The van der Waals surface area contributed by atoms with Crippen molar-refractivity contribution < 1.29 is 9.53 Å². The van der Waals surface area contributed by atoms with E-state index >= 15 is 0 Å². The minimum absolute atomic E-state index is 0.0574. The molecule has 0 heterocycles. The van der Waals surface area contributed by atoms with E-state index in [0.29, 0.717) is 6.61 Å². The number of ether oxygens (including phenoxy) is 1. The average molecular weight is 269 g/mol. The first-order chi connectivity index (χ1) is 9.63. The molecular formula is C17H19NO2. The number of amides is 1. The van der Waals surface area contributed by atoms with Gasteiger partial charge in [-0.25, -0.2) is 0 Å². The Labute approximate surface area is 119 Å². The second-order valence-electron chi connectivity index (χ2n) is 4.90. The Kier molecular flexibility index (Phi) is 4.91. The lowest BCUT2D eigenvalue weighted by molar-refractivity contribution is -0.121. The molecular weight excluding hydrogens is 250 g/mol. The van der Waals surface area contributed by atoms with Gasteiger partial charge in [0.1, 0.15) is 6.61 Å². The lowest BCUT2D eigenvalue weighted by Crippen LogP contribution is -2.18. The molecule has 0 aromatic heterocycles. The molecule has 0 unspecified atom stereocenters. The van der Waals surface area contributed by atoms with Gasteiger partial charge in [-0.3, -0.25) is 4.79 Å². The normalized spacial score (nSPS) is 10.3. The van der Waals surface area contributed by atoms with Gasteiger partial charge in [0.2, 0.25) is 5.91 Å². The van der Waals surface area contributed by atoms with Gasteiger partial charge in [0.15, 0.2) is 0 Å². The molecule has 104 valence electrons. The van der Waals surface area contributed by atoms with E-state index in [0.717, 1.165) is 22.4 Å². The van der Waals surface area contributed by atoms with Crippen molar-refractivity contribution in [3.05, 3.63) is 65.2 Å². The Morgan fingerprint density at radius 1 is 1.05 bits per heavy atom. The van der Waals surface area contributed by atoms with Gasteiger partial charge >= 0.3 is 0 Å². The quantitative estimate of drug-likeness (QED) is 0.902. The Morgan fingerprint density at radius 3 is 2.35 bits per heavy atom. The highest BCUT2D eigenvalue weighted by molar-refractivity contribution is 5.91. The van der Waals surface area contributed by atoms with Crippen LogP contribution in [0.3, 0.4) is 0 Å². The number of benzene rings is 2. The highest BCUT2D eigenvalue weighted by atomic mass is 16.5. The minimum atomic E-state index is -0.133. The van der Waals surface area contributed by atoms with E-state index in [-0.39, 0.29) is 12.5 Å². The van der Waals surface area contributed by atoms with Crippen LogP contribution in [0.25, 0.3) is 0 Å². The molecule has 2 rings (SSSR count). The zero-order chi connectivity index (χ0) is 14.4. The first-order valence-electron chi connectivity index (χ1n) is 6.63. The fourth-order valence-corrected chi connectivity index (χ4v) is 2.08. The van der Waals surface area contributed by atoms with Crippen LogP contribution in [0.5, 0.6) is 0 Å². The Morgan fingerprint density at radius 2 is 1.70 bits per heavy atom. The zero-order valence-corrected chi connectivity index (χ0v) is 11.8. The molecule has 2 aromatic carbocycles. The van der Waals surface area contributed by atoms with Gasteiger partial charge in [0.25, 0.3) is 0 Å². The van der Waals surface area contributed by atoms with Crippen molar-refractivity contribution in [1.82, 2.24) is 0 Å². The highest BCUT2D eigenvalue weighted by Gasteiger charge is 2.03. The molecule has 0 aliphatic heterocycles. The summed E-state index contributed by atoms with van der Waals surface area (Å²) in [5.41, 5.74) is 4.14. The first-order valence-corrected chi connectivity index (χ1v) is 6.63. The molecule has 3 heteroatoms. The van der Waals surface area contributed by atoms with Crippen LogP contribution < -0.4 is 5.32 Å². The first kappa shape index (κ1) is 14.3. The SMILES string of the molecule is Cc1cc(C)cc(NC(=O)COCc2ccccc2)c1. The predicted octanol–water partition coefficient (Wildman–Crippen LogP) is 3.46. The lowest BCUT2D eigenvalue weighted by Gasteiger charge is -2.08. The topological polar surface area (TPSA) is 38.3 Å². The number of rotatable bonds is 5. The summed E-state index contributed by atoms with van der Waals surface area (Å²) < 4.78 is 5.40. The van der Waals surface area contributed by atoms with Crippen molar-refractivity contribution in [3.8, 4) is 0 Å². The maximum atomic E-state index is 11.8. The van der Waals surface area contributed by atoms with Gasteiger partial charge in [-0.2, -0.15) is 0 Å². The van der Waals surface area contributed by atoms with Gasteiger partial charge in [-0.1, -0.05) is 36.4 Å². The summed E-state index contributed by atoms with van der Waals surface area (Å²) in [6.45, 7) is 4.52. The van der Waals surface area contributed by atoms with Gasteiger partial charge in [0.05, 0.1) is 6.61 Å². The number of carbonyl (C=O) groups excluding carboxylic acids is 1. The molecule has 0 fully saturated rings. The highest BCUT2D eigenvalue weighted by Crippen LogP contribution is 2.13. The van der Waals surface area contributed by atoms with Crippen molar-refractivity contribution in [2.45, 2.75) is 20.5 Å². The Hall–Kier alpha value is -2.13. The van der Waals surface area contributed by atoms with E-state index in [1.54, 1.807) is 0 Å². The van der Waals surface area contributed by atoms with Gasteiger partial charge in [0, 0.05) is 5.69 Å². The summed E-state index contributed by atoms with van der Waals surface area (Å²) in [7, 11) is 0. The summed E-state index contributed by atoms with van der Waals surface area (Å²) in [5, 5.41) is 2.85. The summed E-state index contributed by atoms with van der Waals surface area (Å²) in [6, 6.07) is 15.8. The second kappa shape index (κ2) is 6.87. The van der Waals surface area contributed by atoms with Crippen molar-refractivity contribution >= 4 is 11.6 Å². The second-order valence-corrected chi connectivity index (χ2v) is 4.90. The molecule has 20 heavy (non-hydrogen) atoms. The van der Waals surface area contributed by atoms with Gasteiger partial charge < -0.3 is 10.1 Å². The van der Waals surface area contributed by atoms with Gasteiger partial charge in [-0.05, 0) is 42.7 Å². The van der Waals surface area contributed by atoms with Crippen LogP contribution in [-0.2, 0) is 16.1 Å². The molecule has 3 nitrogen and oxygen atoms in total. The molecule has 0 aliphatic rings. The molecule has 0 saturated heterocycles. The van der Waals surface area contributed by atoms with Crippen LogP contribution in [0.4, 0.5) is 5.69 Å². The lowest BCUT2D eigenvalue weighted by atomic mass is 10.1. The smallest absolute Gasteiger partial charge is 0.250 e. The van der Waals surface area contributed by atoms with Crippen LogP contribution in [0.1, 0.15) is 16.7 Å². The molecule has 1 N–H and O–H groups in total. The monoisotopic (exact) mass is 269 g/mol. The third kappa shape index (κ3) is 4.52. The summed E-state index contributed by atoms with van der Waals surface area (Å²) >= 11 is 0. The average Bonchev–Trinajstić information content (AvgIpc) is 2.38. The molecule has 0 bridgehead atoms. The number of anilines is 1. The van der Waals surface area contributed by atoms with Crippen LogP contribution in [-0.4, -0.2) is 12.5 Å². The van der Waals surface area contributed by atoms with Crippen molar-refractivity contribution in [2.24, 2.45) is 0 Å². The summed E-state index contributed by atoms with van der Waals surface area (Å²) in [4.78, 5) is 11.8. The van der Waals surface area contributed by atoms with E-state index in [4.69, 9.17) is 4.74 Å². The predicted molar refractivity (Wildman–Crippen MR) is 80.6 cm³/mol. The van der Waals surface area contributed by atoms with Crippen molar-refractivity contribution in [3.63, 3.8) is 0 Å². The number of nitrogens with one attached hydrogen (secondary N) is 1. The zero-order valence-electron chi connectivity index (χ0n) is 11.8. The molecule has 1 amide bonds. The minimum Gasteiger partial charge on any atom is -0.367 e. The van der Waals surface area contributed by atoms with E-state index in [1.807, 2.05) is 56.3 Å². The van der Waals surface area contributed by atoms with E-state index < -0.39 is 0 Å². The third-order valence-electron chi connectivity index (χ3n) is 2.85. The molecule has 0 saturated carbocycles. The standard InChI is InChI=1S/C17H19NO2/c1-13-8-14(2)10-16(9-13)18-17(19)12-20-11-15-6-4-3-5-7-15/h3-10H,11-12H2,1-2H3,(H,18,19). The third-order valence-corrected chi connectivity index (χ3v) is 2.85. The number of carbonyl (C=O) groups is 1. The number of hydrogen-bond donors (Lipinski definition) is 1.